The van der Waals surface area contributed by atoms with Gasteiger partial charge in [0, 0.05) is 43.7 Å². The molecule has 9 aromatic carbocycles. The second-order valence-corrected chi connectivity index (χ2v) is 15.4. The second-order valence-electron chi connectivity index (χ2n) is 15.4. The van der Waals surface area contributed by atoms with Gasteiger partial charge in [0.15, 0.2) is 5.82 Å². The van der Waals surface area contributed by atoms with Crippen molar-refractivity contribution in [2.24, 2.45) is 0 Å². The minimum atomic E-state index is 0.750. The van der Waals surface area contributed by atoms with Crippen LogP contribution in [0.3, 0.4) is 0 Å². The van der Waals surface area contributed by atoms with Crippen molar-refractivity contribution in [1.29, 1.82) is 0 Å². The normalized spacial score (nSPS) is 12.1. The number of para-hydroxylation sites is 2. The van der Waals surface area contributed by atoms with Crippen LogP contribution in [0.15, 0.2) is 192 Å². The predicted molar refractivity (Wildman–Crippen MR) is 239 cm³/mol. The number of benzene rings is 9. The Morgan fingerprint density at radius 3 is 1.76 bits per heavy atom. The lowest BCUT2D eigenvalue weighted by atomic mass is 9.97. The zero-order chi connectivity index (χ0) is 37.9. The maximum atomic E-state index is 6.16. The molecular weight excluding hydrogens is 707 g/mol. The van der Waals surface area contributed by atoms with E-state index in [4.69, 9.17) is 14.4 Å². The van der Waals surface area contributed by atoms with Crippen LogP contribution in [0.5, 0.6) is 0 Å². The van der Waals surface area contributed by atoms with Crippen molar-refractivity contribution in [2.45, 2.75) is 0 Å². The number of hydrogen-bond acceptors (Lipinski definition) is 3. The van der Waals surface area contributed by atoms with Crippen LogP contribution in [0, 0.1) is 0 Å². The van der Waals surface area contributed by atoms with Gasteiger partial charge in [-0.1, -0.05) is 115 Å². The average molecular weight is 738 g/mol. The van der Waals surface area contributed by atoms with Crippen molar-refractivity contribution in [3.63, 3.8) is 0 Å². The standard InChI is InChI=1S/C54H31N3O/c1-2-9-39(10-3-1)57-48-24-21-35(29-44(48)45-30-36(22-25-49(45)57)37-23-26-51-46(31-37)41-12-6-7-16-50(41)58-51)33-17-18-34-28-38(20-19-32(34)27-33)54-55-47-15-8-14-42-40-11-4-5-13-43(40)53(56-54)52(42)47/h1-31H. The number of fused-ring (bicyclic) bond motifs is 10. The highest BCUT2D eigenvalue weighted by Crippen LogP contribution is 2.46. The van der Waals surface area contributed by atoms with Crippen molar-refractivity contribution < 1.29 is 4.42 Å². The molecule has 0 saturated heterocycles. The molecule has 0 bridgehead atoms. The summed E-state index contributed by atoms with van der Waals surface area (Å²) in [5, 5.41) is 8.18. The molecule has 0 fully saturated rings. The van der Waals surface area contributed by atoms with Crippen LogP contribution in [0.25, 0.3) is 127 Å². The largest absolute Gasteiger partial charge is 0.456 e. The molecule has 1 aliphatic carbocycles. The molecule has 0 atom stereocenters. The molecule has 4 heteroatoms. The van der Waals surface area contributed by atoms with Crippen LogP contribution in [0.2, 0.25) is 0 Å². The molecule has 13 rings (SSSR count). The van der Waals surface area contributed by atoms with E-state index in [9.17, 15) is 0 Å². The monoisotopic (exact) mass is 737 g/mol. The van der Waals surface area contributed by atoms with E-state index in [1.807, 2.05) is 12.1 Å². The minimum Gasteiger partial charge on any atom is -0.456 e. The van der Waals surface area contributed by atoms with Crippen molar-refractivity contribution in [2.75, 3.05) is 0 Å². The van der Waals surface area contributed by atoms with E-state index in [1.165, 1.54) is 66.1 Å². The summed E-state index contributed by atoms with van der Waals surface area (Å²) in [5.41, 5.74) is 16.6. The zero-order valence-corrected chi connectivity index (χ0v) is 31.1. The molecule has 0 radical (unpaired) electrons. The van der Waals surface area contributed by atoms with Gasteiger partial charge in [-0.2, -0.15) is 0 Å². The fraction of sp³-hybridized carbons (Fsp3) is 0. The first kappa shape index (κ1) is 31.4. The van der Waals surface area contributed by atoms with Crippen molar-refractivity contribution in [1.82, 2.24) is 14.5 Å². The highest BCUT2D eigenvalue weighted by molar-refractivity contribution is 6.14. The predicted octanol–water partition coefficient (Wildman–Crippen LogP) is 14.4. The lowest BCUT2D eigenvalue weighted by molar-refractivity contribution is 0.669. The molecular formula is C54H31N3O. The van der Waals surface area contributed by atoms with Gasteiger partial charge in [-0.25, -0.2) is 9.97 Å². The zero-order valence-electron chi connectivity index (χ0n) is 31.1. The van der Waals surface area contributed by atoms with Crippen molar-refractivity contribution >= 4 is 65.4 Å². The topological polar surface area (TPSA) is 43.9 Å². The molecule has 0 aliphatic heterocycles. The third-order valence-electron chi connectivity index (χ3n) is 12.1. The Bertz CT molecular complexity index is 3690. The van der Waals surface area contributed by atoms with Gasteiger partial charge in [-0.05, 0) is 117 Å². The third kappa shape index (κ3) is 4.57. The summed E-state index contributed by atoms with van der Waals surface area (Å²) in [6.07, 6.45) is 0. The van der Waals surface area contributed by atoms with Gasteiger partial charge in [0.1, 0.15) is 11.2 Å². The van der Waals surface area contributed by atoms with E-state index in [0.717, 1.165) is 61.0 Å². The first-order valence-electron chi connectivity index (χ1n) is 19.7. The number of furan rings is 1. The van der Waals surface area contributed by atoms with Crippen LogP contribution in [-0.4, -0.2) is 14.5 Å². The molecule has 58 heavy (non-hydrogen) atoms. The Morgan fingerprint density at radius 1 is 0.379 bits per heavy atom. The van der Waals surface area contributed by atoms with Gasteiger partial charge >= 0.3 is 0 Å². The molecule has 0 spiro atoms. The van der Waals surface area contributed by atoms with Crippen molar-refractivity contribution in [3.05, 3.63) is 188 Å². The second kappa shape index (κ2) is 11.8. The molecule has 0 amide bonds. The molecule has 12 aromatic rings. The SMILES string of the molecule is c1ccc(-n2c3ccc(-c4ccc5cc(-c6nc7c8c(cccc8n6)-c6ccccc6-7)ccc5c4)cc3c3cc(-c4ccc5oc6ccccc6c5c4)ccc32)cc1. The van der Waals surface area contributed by atoms with E-state index >= 15 is 0 Å². The molecule has 4 nitrogen and oxygen atoms in total. The Morgan fingerprint density at radius 2 is 0.966 bits per heavy atom. The van der Waals surface area contributed by atoms with Gasteiger partial charge in [0.05, 0.1) is 22.2 Å². The summed E-state index contributed by atoms with van der Waals surface area (Å²) in [5.74, 6) is 0.750. The Balaban J connectivity index is 0.925. The molecule has 3 heterocycles. The number of hydrogen-bond donors (Lipinski definition) is 0. The Labute approximate surface area is 332 Å². The van der Waals surface area contributed by atoms with Gasteiger partial charge in [-0.3, -0.25) is 0 Å². The highest BCUT2D eigenvalue weighted by Gasteiger charge is 2.24. The summed E-state index contributed by atoms with van der Waals surface area (Å²) in [4.78, 5) is 10.2. The Hall–Kier alpha value is -7.82. The number of rotatable bonds is 4. The fourth-order valence-electron chi connectivity index (χ4n) is 9.36. The summed E-state index contributed by atoms with van der Waals surface area (Å²) >= 11 is 0. The Kier molecular flexibility index (Phi) is 6.41. The van der Waals surface area contributed by atoms with Gasteiger partial charge in [-0.15, -0.1) is 0 Å². The molecule has 0 unspecified atom stereocenters. The van der Waals surface area contributed by atoms with E-state index in [1.54, 1.807) is 0 Å². The summed E-state index contributed by atoms with van der Waals surface area (Å²) in [6, 6.07) is 67.5. The van der Waals surface area contributed by atoms with Crippen LogP contribution in [0.1, 0.15) is 0 Å². The van der Waals surface area contributed by atoms with E-state index < -0.39 is 0 Å². The third-order valence-corrected chi connectivity index (χ3v) is 12.1. The fourth-order valence-corrected chi connectivity index (χ4v) is 9.36. The molecule has 0 saturated carbocycles. The lowest BCUT2D eigenvalue weighted by Gasteiger charge is -2.10. The smallest absolute Gasteiger partial charge is 0.160 e. The van der Waals surface area contributed by atoms with Crippen molar-refractivity contribution in [3.8, 4) is 61.7 Å². The van der Waals surface area contributed by atoms with Crippen LogP contribution >= 0.6 is 0 Å². The van der Waals surface area contributed by atoms with Crippen LogP contribution in [0.4, 0.5) is 0 Å². The van der Waals surface area contributed by atoms with Crippen LogP contribution in [-0.2, 0) is 0 Å². The molecule has 268 valence electrons. The summed E-state index contributed by atoms with van der Waals surface area (Å²) < 4.78 is 8.54. The first-order chi connectivity index (χ1) is 28.7. The minimum absolute atomic E-state index is 0.750. The van der Waals surface area contributed by atoms with E-state index in [-0.39, 0.29) is 0 Å². The van der Waals surface area contributed by atoms with E-state index in [0.29, 0.717) is 0 Å². The molecule has 3 aromatic heterocycles. The van der Waals surface area contributed by atoms with Gasteiger partial charge < -0.3 is 8.98 Å². The highest BCUT2D eigenvalue weighted by atomic mass is 16.3. The summed E-state index contributed by atoms with van der Waals surface area (Å²) in [7, 11) is 0. The van der Waals surface area contributed by atoms with Crippen LogP contribution < -0.4 is 0 Å². The average Bonchev–Trinajstić information content (AvgIpc) is 3.94. The quantitative estimate of drug-likeness (QED) is 0.181. The summed E-state index contributed by atoms with van der Waals surface area (Å²) in [6.45, 7) is 0. The molecule has 0 N–H and O–H groups in total. The molecule has 1 aliphatic rings. The maximum Gasteiger partial charge on any atom is 0.160 e. The number of nitrogens with zero attached hydrogens (tertiary/aromatic N) is 3. The van der Waals surface area contributed by atoms with Gasteiger partial charge in [0.25, 0.3) is 0 Å². The first-order valence-corrected chi connectivity index (χ1v) is 19.7. The lowest BCUT2D eigenvalue weighted by Crippen LogP contribution is -1.93. The maximum absolute atomic E-state index is 6.16. The number of aromatic nitrogens is 3. The van der Waals surface area contributed by atoms with E-state index in [2.05, 4.69) is 180 Å². The van der Waals surface area contributed by atoms with Gasteiger partial charge in [0.2, 0.25) is 0 Å².